The monoisotopic (exact) mass is 491 g/mol. The van der Waals surface area contributed by atoms with E-state index in [9.17, 15) is 9.59 Å². The molecule has 2 aromatic rings. The summed E-state index contributed by atoms with van der Waals surface area (Å²) in [5, 5.41) is 0. The van der Waals surface area contributed by atoms with Crippen LogP contribution in [-0.2, 0) is 9.59 Å². The zero-order valence-corrected chi connectivity index (χ0v) is 17.9. The summed E-state index contributed by atoms with van der Waals surface area (Å²) in [4.78, 5) is 27.5. The number of amides is 2. The van der Waals surface area contributed by atoms with Crippen LogP contribution >= 0.6 is 31.9 Å². The van der Waals surface area contributed by atoms with Crippen molar-refractivity contribution < 1.29 is 14.3 Å². The highest BCUT2D eigenvalue weighted by Crippen LogP contribution is 2.44. The average Bonchev–Trinajstić information content (AvgIpc) is 2.87. The first-order chi connectivity index (χ1) is 12.9. The van der Waals surface area contributed by atoms with Crippen molar-refractivity contribution in [3.05, 3.63) is 54.1 Å². The van der Waals surface area contributed by atoms with E-state index in [1.165, 1.54) is 4.90 Å². The molecule has 4 nitrogen and oxygen atoms in total. The highest BCUT2D eigenvalue weighted by molar-refractivity contribution is 9.12. The largest absolute Gasteiger partial charge is 0.457 e. The van der Waals surface area contributed by atoms with Gasteiger partial charge in [0.1, 0.15) is 11.5 Å². The minimum Gasteiger partial charge on any atom is -0.457 e. The summed E-state index contributed by atoms with van der Waals surface area (Å²) in [5.74, 6) is 0.760. The molecule has 0 aromatic heterocycles. The fourth-order valence-corrected chi connectivity index (χ4v) is 5.06. The van der Waals surface area contributed by atoms with Gasteiger partial charge in [0.15, 0.2) is 0 Å². The molecule has 1 aliphatic carbocycles. The lowest BCUT2D eigenvalue weighted by Crippen LogP contribution is -2.34. The molecule has 27 heavy (non-hydrogen) atoms. The molecule has 0 radical (unpaired) electrons. The van der Waals surface area contributed by atoms with Gasteiger partial charge in [-0.3, -0.25) is 14.5 Å². The Morgan fingerprint density at radius 3 is 2.04 bits per heavy atom. The van der Waals surface area contributed by atoms with Crippen LogP contribution in [0.25, 0.3) is 0 Å². The molecule has 2 aliphatic rings. The molecule has 0 N–H and O–H groups in total. The van der Waals surface area contributed by atoms with E-state index in [2.05, 4.69) is 31.9 Å². The van der Waals surface area contributed by atoms with Crippen molar-refractivity contribution in [2.75, 3.05) is 4.90 Å². The summed E-state index contributed by atoms with van der Waals surface area (Å²) in [6.07, 6.45) is 1.35. The first-order valence-corrected chi connectivity index (χ1v) is 10.8. The number of aryl methyl sites for hydroxylation is 1. The maximum absolute atomic E-state index is 12.9. The van der Waals surface area contributed by atoms with E-state index < -0.39 is 0 Å². The number of carbonyl (C=O) groups excluding carboxylic acids is 2. The van der Waals surface area contributed by atoms with E-state index in [4.69, 9.17) is 4.74 Å². The number of ether oxygens (including phenoxy) is 1. The highest BCUT2D eigenvalue weighted by atomic mass is 79.9. The molecule has 140 valence electrons. The maximum Gasteiger partial charge on any atom is 0.237 e. The van der Waals surface area contributed by atoms with Crippen LogP contribution < -0.4 is 9.64 Å². The second-order valence-corrected chi connectivity index (χ2v) is 9.49. The van der Waals surface area contributed by atoms with Gasteiger partial charge in [-0.05, 0) is 61.7 Å². The molecule has 0 unspecified atom stereocenters. The van der Waals surface area contributed by atoms with Gasteiger partial charge in [-0.25, -0.2) is 0 Å². The maximum atomic E-state index is 12.9. The number of anilines is 1. The number of benzene rings is 2. The van der Waals surface area contributed by atoms with Gasteiger partial charge < -0.3 is 4.74 Å². The van der Waals surface area contributed by atoms with E-state index in [1.807, 2.05) is 31.2 Å². The number of alkyl halides is 2. The predicted octanol–water partition coefficient (Wildman–Crippen LogP) is 5.21. The van der Waals surface area contributed by atoms with Gasteiger partial charge in [0, 0.05) is 9.65 Å². The molecule has 6 heteroatoms. The van der Waals surface area contributed by atoms with Crippen LogP contribution in [0.15, 0.2) is 48.5 Å². The molecular formula is C21H19Br2NO3. The SMILES string of the molecule is Cc1cccc(Oc2ccc(N3C(=O)[C@H]4C[C@@H](Br)[C@@H](Br)C[C@@H]4C3=O)cc2)c1. The van der Waals surface area contributed by atoms with Gasteiger partial charge in [-0.1, -0.05) is 44.0 Å². The molecule has 1 aliphatic heterocycles. The van der Waals surface area contributed by atoms with Gasteiger partial charge in [0.2, 0.25) is 11.8 Å². The van der Waals surface area contributed by atoms with Crippen LogP contribution in [0, 0.1) is 18.8 Å². The Hall–Kier alpha value is -1.66. The van der Waals surface area contributed by atoms with Crippen molar-refractivity contribution in [2.24, 2.45) is 11.8 Å². The lowest BCUT2D eigenvalue weighted by atomic mass is 9.81. The zero-order valence-electron chi connectivity index (χ0n) is 14.8. The first kappa shape index (κ1) is 18.7. The van der Waals surface area contributed by atoms with Crippen LogP contribution in [0.2, 0.25) is 0 Å². The summed E-state index contributed by atoms with van der Waals surface area (Å²) in [7, 11) is 0. The Labute approximate surface area is 175 Å². The van der Waals surface area contributed by atoms with Crippen LogP contribution in [0.1, 0.15) is 18.4 Å². The van der Waals surface area contributed by atoms with E-state index in [0.29, 0.717) is 24.3 Å². The standard InChI is InChI=1S/C21H19Br2NO3/c1-12-3-2-4-15(9-12)27-14-7-5-13(6-8-14)24-20(25)16-10-18(22)19(23)11-17(16)21(24)26/h2-9,16-19H,10-11H2,1H3/t16-,17-,18-,19+/m0/s1. The van der Waals surface area contributed by atoms with Crippen LogP contribution in [0.5, 0.6) is 11.5 Å². The van der Waals surface area contributed by atoms with E-state index in [1.54, 1.807) is 24.3 Å². The van der Waals surface area contributed by atoms with Crippen molar-refractivity contribution in [3.63, 3.8) is 0 Å². The lowest BCUT2D eigenvalue weighted by Gasteiger charge is -2.29. The number of nitrogens with zero attached hydrogens (tertiary/aromatic N) is 1. The van der Waals surface area contributed by atoms with E-state index >= 15 is 0 Å². The second kappa shape index (κ2) is 7.40. The molecule has 0 bridgehead atoms. The summed E-state index contributed by atoms with van der Waals surface area (Å²) < 4.78 is 5.85. The summed E-state index contributed by atoms with van der Waals surface area (Å²) in [6.45, 7) is 2.01. The number of hydrogen-bond acceptors (Lipinski definition) is 3. The number of rotatable bonds is 3. The normalized spacial score (nSPS) is 27.6. The zero-order chi connectivity index (χ0) is 19.1. The molecule has 1 saturated heterocycles. The molecule has 2 fully saturated rings. The number of imide groups is 1. The van der Waals surface area contributed by atoms with Gasteiger partial charge in [0.05, 0.1) is 17.5 Å². The highest BCUT2D eigenvalue weighted by Gasteiger charge is 2.52. The summed E-state index contributed by atoms with van der Waals surface area (Å²) in [5.41, 5.74) is 1.73. The number of carbonyl (C=O) groups is 2. The third-order valence-corrected chi connectivity index (χ3v) is 7.97. The molecule has 2 aromatic carbocycles. The summed E-state index contributed by atoms with van der Waals surface area (Å²) in [6, 6.07) is 14.9. The van der Waals surface area contributed by atoms with E-state index in [0.717, 1.165) is 11.3 Å². The third-order valence-electron chi connectivity index (χ3n) is 5.23. The second-order valence-electron chi connectivity index (χ2n) is 7.14. The Kier molecular flexibility index (Phi) is 5.12. The van der Waals surface area contributed by atoms with Gasteiger partial charge in [0.25, 0.3) is 0 Å². The number of hydrogen-bond donors (Lipinski definition) is 0. The molecular weight excluding hydrogens is 474 g/mol. The number of fused-ring (bicyclic) bond motifs is 1. The molecule has 2 amide bonds. The Balaban J connectivity index is 1.53. The minimum absolute atomic E-state index is 0.0961. The fraction of sp³-hybridized carbons (Fsp3) is 0.333. The predicted molar refractivity (Wildman–Crippen MR) is 112 cm³/mol. The third kappa shape index (κ3) is 3.57. The Morgan fingerprint density at radius 2 is 1.48 bits per heavy atom. The van der Waals surface area contributed by atoms with Crippen LogP contribution in [0.3, 0.4) is 0 Å². The molecule has 1 saturated carbocycles. The lowest BCUT2D eigenvalue weighted by molar-refractivity contribution is -0.122. The average molecular weight is 493 g/mol. The molecule has 4 rings (SSSR count). The van der Waals surface area contributed by atoms with Gasteiger partial charge in [-0.2, -0.15) is 0 Å². The van der Waals surface area contributed by atoms with Crippen molar-refractivity contribution >= 4 is 49.4 Å². The smallest absolute Gasteiger partial charge is 0.237 e. The molecule has 0 spiro atoms. The van der Waals surface area contributed by atoms with Gasteiger partial charge >= 0.3 is 0 Å². The number of halogens is 2. The summed E-state index contributed by atoms with van der Waals surface area (Å²) >= 11 is 7.23. The van der Waals surface area contributed by atoms with Crippen molar-refractivity contribution in [1.29, 1.82) is 0 Å². The van der Waals surface area contributed by atoms with Gasteiger partial charge in [-0.15, -0.1) is 0 Å². The van der Waals surface area contributed by atoms with Crippen molar-refractivity contribution in [3.8, 4) is 11.5 Å². The van der Waals surface area contributed by atoms with Crippen LogP contribution in [-0.4, -0.2) is 21.5 Å². The topological polar surface area (TPSA) is 46.6 Å². The van der Waals surface area contributed by atoms with Crippen LogP contribution in [0.4, 0.5) is 5.69 Å². The quantitative estimate of drug-likeness (QED) is 0.436. The Bertz CT molecular complexity index is 855. The van der Waals surface area contributed by atoms with Crippen molar-refractivity contribution in [1.82, 2.24) is 0 Å². The minimum atomic E-state index is -0.237. The molecule has 4 atom stereocenters. The molecule has 1 heterocycles. The first-order valence-electron chi connectivity index (χ1n) is 8.94. The fourth-order valence-electron chi connectivity index (χ4n) is 3.83. The van der Waals surface area contributed by atoms with Crippen molar-refractivity contribution in [2.45, 2.75) is 29.4 Å². The van der Waals surface area contributed by atoms with E-state index in [-0.39, 0.29) is 33.3 Å². The Morgan fingerprint density at radius 1 is 0.889 bits per heavy atom.